The fourth-order valence-electron chi connectivity index (χ4n) is 2.99. The van der Waals surface area contributed by atoms with E-state index < -0.39 is 0 Å². The van der Waals surface area contributed by atoms with Crippen molar-refractivity contribution < 1.29 is 4.79 Å². The van der Waals surface area contributed by atoms with E-state index in [1.165, 1.54) is 12.0 Å². The van der Waals surface area contributed by atoms with E-state index in [0.717, 1.165) is 49.7 Å². The van der Waals surface area contributed by atoms with Crippen LogP contribution in [0.5, 0.6) is 0 Å². The Kier molecular flexibility index (Phi) is 4.84. The molecule has 4 heteroatoms. The van der Waals surface area contributed by atoms with Gasteiger partial charge < -0.3 is 9.80 Å². The van der Waals surface area contributed by atoms with Crippen molar-refractivity contribution in [1.82, 2.24) is 4.90 Å². The van der Waals surface area contributed by atoms with Crippen LogP contribution in [0, 0.1) is 0 Å². The highest BCUT2D eigenvalue weighted by Crippen LogP contribution is 2.21. The van der Waals surface area contributed by atoms with Crippen molar-refractivity contribution in [2.45, 2.75) is 19.3 Å². The number of rotatable bonds is 3. The molecule has 1 aliphatic heterocycles. The van der Waals surface area contributed by atoms with Crippen LogP contribution in [0.2, 0.25) is 5.02 Å². The molecule has 1 fully saturated rings. The Morgan fingerprint density at radius 3 is 2.68 bits per heavy atom. The molecule has 3 nitrogen and oxygen atoms in total. The number of piperazine rings is 1. The summed E-state index contributed by atoms with van der Waals surface area (Å²) in [6.07, 6.45) is 9.40. The molecule has 22 heavy (non-hydrogen) atoms. The number of carbonyl (C=O) groups excluding carboxylic acids is 1. The summed E-state index contributed by atoms with van der Waals surface area (Å²) in [6, 6.07) is 7.89. The first-order valence-electron chi connectivity index (χ1n) is 7.89. The van der Waals surface area contributed by atoms with Crippen LogP contribution in [-0.4, -0.2) is 37.0 Å². The quantitative estimate of drug-likeness (QED) is 0.795. The van der Waals surface area contributed by atoms with Gasteiger partial charge in [-0.15, -0.1) is 0 Å². The molecule has 0 unspecified atom stereocenters. The van der Waals surface area contributed by atoms with Crippen molar-refractivity contribution in [3.63, 3.8) is 0 Å². The monoisotopic (exact) mass is 316 g/mol. The van der Waals surface area contributed by atoms with E-state index in [-0.39, 0.29) is 5.91 Å². The molecular weight excluding hydrogens is 296 g/mol. The number of halogens is 1. The van der Waals surface area contributed by atoms with Crippen molar-refractivity contribution in [2.24, 2.45) is 0 Å². The van der Waals surface area contributed by atoms with Crippen LogP contribution < -0.4 is 4.90 Å². The van der Waals surface area contributed by atoms with Crippen LogP contribution in [0.15, 0.2) is 48.1 Å². The lowest BCUT2D eigenvalue weighted by atomic mass is 10.2. The smallest absolute Gasteiger partial charge is 0.246 e. The molecule has 1 amide bonds. The predicted molar refractivity (Wildman–Crippen MR) is 91.3 cm³/mol. The summed E-state index contributed by atoms with van der Waals surface area (Å²) in [4.78, 5) is 16.4. The first-order chi connectivity index (χ1) is 10.7. The van der Waals surface area contributed by atoms with Crippen LogP contribution in [0.4, 0.5) is 5.69 Å². The predicted octanol–water partition coefficient (Wildman–Crippen LogP) is 3.66. The van der Waals surface area contributed by atoms with Gasteiger partial charge in [-0.2, -0.15) is 0 Å². The summed E-state index contributed by atoms with van der Waals surface area (Å²) in [5.41, 5.74) is 2.43. The van der Waals surface area contributed by atoms with Gasteiger partial charge in [-0.3, -0.25) is 4.79 Å². The molecule has 0 radical (unpaired) electrons. The SMILES string of the molecule is O=C(/C=C/C1=CCCC1)N1CCN(c2cccc(Cl)c2)CC1. The lowest BCUT2D eigenvalue weighted by Crippen LogP contribution is -2.48. The summed E-state index contributed by atoms with van der Waals surface area (Å²) in [5.74, 6) is 0.124. The summed E-state index contributed by atoms with van der Waals surface area (Å²) in [7, 11) is 0. The van der Waals surface area contributed by atoms with E-state index >= 15 is 0 Å². The number of benzene rings is 1. The van der Waals surface area contributed by atoms with Gasteiger partial charge in [-0.05, 0) is 37.5 Å². The molecule has 0 spiro atoms. The van der Waals surface area contributed by atoms with E-state index in [1.807, 2.05) is 29.2 Å². The maximum atomic E-state index is 12.2. The average molecular weight is 317 g/mol. The van der Waals surface area contributed by atoms with Crippen LogP contribution in [0.25, 0.3) is 0 Å². The van der Waals surface area contributed by atoms with Gasteiger partial charge in [0.05, 0.1) is 0 Å². The number of nitrogens with zero attached hydrogens (tertiary/aromatic N) is 2. The molecule has 1 aromatic carbocycles. The second-order valence-electron chi connectivity index (χ2n) is 5.80. The Morgan fingerprint density at radius 1 is 1.18 bits per heavy atom. The maximum Gasteiger partial charge on any atom is 0.246 e. The van der Waals surface area contributed by atoms with E-state index in [9.17, 15) is 4.79 Å². The maximum absolute atomic E-state index is 12.2. The molecule has 0 bridgehead atoms. The fraction of sp³-hybridized carbons (Fsp3) is 0.389. The van der Waals surface area contributed by atoms with Gasteiger partial charge in [0.25, 0.3) is 0 Å². The summed E-state index contributed by atoms with van der Waals surface area (Å²) in [6.45, 7) is 3.22. The molecule has 1 heterocycles. The van der Waals surface area contributed by atoms with Gasteiger partial charge in [-0.1, -0.05) is 35.4 Å². The molecule has 0 aromatic heterocycles. The minimum atomic E-state index is 0.124. The number of carbonyl (C=O) groups is 1. The zero-order valence-corrected chi connectivity index (χ0v) is 13.4. The largest absolute Gasteiger partial charge is 0.368 e. The minimum Gasteiger partial charge on any atom is -0.368 e. The summed E-state index contributed by atoms with van der Waals surface area (Å²) < 4.78 is 0. The van der Waals surface area contributed by atoms with Crippen LogP contribution in [0.3, 0.4) is 0 Å². The highest BCUT2D eigenvalue weighted by atomic mass is 35.5. The topological polar surface area (TPSA) is 23.6 Å². The molecule has 0 N–H and O–H groups in total. The molecule has 1 aliphatic carbocycles. The first-order valence-corrected chi connectivity index (χ1v) is 8.27. The fourth-order valence-corrected chi connectivity index (χ4v) is 3.17. The second kappa shape index (κ2) is 7.01. The van der Waals surface area contributed by atoms with Gasteiger partial charge >= 0.3 is 0 Å². The van der Waals surface area contributed by atoms with Crippen molar-refractivity contribution in [3.05, 3.63) is 53.1 Å². The van der Waals surface area contributed by atoms with Gasteiger partial charge in [0, 0.05) is 43.0 Å². The highest BCUT2D eigenvalue weighted by Gasteiger charge is 2.20. The Bertz CT molecular complexity index is 601. The van der Waals surface area contributed by atoms with Crippen molar-refractivity contribution >= 4 is 23.2 Å². The van der Waals surface area contributed by atoms with Crippen molar-refractivity contribution in [1.29, 1.82) is 0 Å². The van der Waals surface area contributed by atoms with Gasteiger partial charge in [0.15, 0.2) is 0 Å². The zero-order valence-electron chi connectivity index (χ0n) is 12.7. The van der Waals surface area contributed by atoms with Gasteiger partial charge in [-0.25, -0.2) is 0 Å². The normalized spacial score (nSPS) is 18.9. The van der Waals surface area contributed by atoms with Gasteiger partial charge in [0.1, 0.15) is 0 Å². The molecule has 0 atom stereocenters. The number of allylic oxidation sites excluding steroid dienone is 3. The highest BCUT2D eigenvalue weighted by molar-refractivity contribution is 6.30. The van der Waals surface area contributed by atoms with Crippen LogP contribution in [0.1, 0.15) is 19.3 Å². The number of amides is 1. The number of hydrogen-bond acceptors (Lipinski definition) is 2. The number of anilines is 1. The molecule has 116 valence electrons. The Balaban J connectivity index is 1.54. The third-order valence-corrected chi connectivity index (χ3v) is 4.52. The van der Waals surface area contributed by atoms with E-state index in [2.05, 4.69) is 17.0 Å². The second-order valence-corrected chi connectivity index (χ2v) is 6.23. The van der Waals surface area contributed by atoms with E-state index in [4.69, 9.17) is 11.6 Å². The van der Waals surface area contributed by atoms with Crippen molar-refractivity contribution in [3.8, 4) is 0 Å². The van der Waals surface area contributed by atoms with Crippen LogP contribution >= 0.6 is 11.6 Å². The standard InChI is InChI=1S/C18H21ClN2O/c19-16-6-3-7-17(14-16)20-10-12-21(13-11-20)18(22)9-8-15-4-1-2-5-15/h3-4,6-9,14H,1-2,5,10-13H2/b9-8+. The molecule has 3 rings (SSSR count). The molecule has 0 saturated carbocycles. The Hall–Kier alpha value is -1.74. The third kappa shape index (κ3) is 3.72. The van der Waals surface area contributed by atoms with Crippen LogP contribution in [-0.2, 0) is 4.79 Å². The summed E-state index contributed by atoms with van der Waals surface area (Å²) in [5, 5.41) is 0.753. The van der Waals surface area contributed by atoms with E-state index in [1.54, 1.807) is 6.08 Å². The van der Waals surface area contributed by atoms with E-state index in [0.29, 0.717) is 0 Å². The lowest BCUT2D eigenvalue weighted by Gasteiger charge is -2.35. The zero-order chi connectivity index (χ0) is 15.4. The average Bonchev–Trinajstić information content (AvgIpc) is 3.06. The Morgan fingerprint density at radius 2 is 2.00 bits per heavy atom. The third-order valence-electron chi connectivity index (χ3n) is 4.28. The van der Waals surface area contributed by atoms with Gasteiger partial charge in [0.2, 0.25) is 5.91 Å². The molecule has 2 aliphatic rings. The Labute approximate surface area is 136 Å². The first kappa shape index (κ1) is 15.2. The van der Waals surface area contributed by atoms with Crippen molar-refractivity contribution in [2.75, 3.05) is 31.1 Å². The lowest BCUT2D eigenvalue weighted by molar-refractivity contribution is -0.126. The molecular formula is C18H21ClN2O. The molecule has 1 saturated heterocycles. The summed E-state index contributed by atoms with van der Waals surface area (Å²) >= 11 is 6.04. The number of hydrogen-bond donors (Lipinski definition) is 0. The molecule has 1 aromatic rings. The minimum absolute atomic E-state index is 0.124.